The number of nitrogens with zero attached hydrogens (tertiary/aromatic N) is 1. The molecule has 3 N–H and O–H groups in total. The second-order valence-electron chi connectivity index (χ2n) is 2.87. The van der Waals surface area contributed by atoms with Crippen LogP contribution in [0.25, 0.3) is 0 Å². The minimum Gasteiger partial charge on any atom is -0.369 e. The van der Waals surface area contributed by atoms with Crippen molar-refractivity contribution >= 4 is 5.91 Å². The summed E-state index contributed by atoms with van der Waals surface area (Å²) in [5.74, 6) is -0.341. The molecule has 4 heteroatoms. The van der Waals surface area contributed by atoms with Crippen molar-refractivity contribution in [3.63, 3.8) is 0 Å². The zero-order valence-electron chi connectivity index (χ0n) is 7.58. The molecule has 4 nitrogen and oxygen atoms in total. The number of aryl methyl sites for hydroxylation is 1. The first-order valence-electron chi connectivity index (χ1n) is 4.08. The predicted molar refractivity (Wildman–Crippen MR) is 49.9 cm³/mol. The highest BCUT2D eigenvalue weighted by Crippen LogP contribution is 2.03. The Bertz CT molecular complexity index is 299. The number of aromatic nitrogens is 1. The van der Waals surface area contributed by atoms with Gasteiger partial charge in [-0.25, -0.2) is 0 Å². The number of amides is 1. The van der Waals surface area contributed by atoms with E-state index < -0.39 is 0 Å². The molecule has 13 heavy (non-hydrogen) atoms. The molecule has 70 valence electrons. The number of carbonyl (C=O) groups excluding carboxylic acids is 1. The molecule has 0 unspecified atom stereocenters. The summed E-state index contributed by atoms with van der Waals surface area (Å²) in [6.07, 6.45) is 3.52. The fourth-order valence-corrected chi connectivity index (χ4v) is 1.02. The Labute approximate surface area is 77.2 Å². The van der Waals surface area contributed by atoms with Crippen LogP contribution in [0, 0.1) is 6.92 Å². The van der Waals surface area contributed by atoms with E-state index in [1.165, 1.54) is 0 Å². The summed E-state index contributed by atoms with van der Waals surface area (Å²) in [7, 11) is 0. The van der Waals surface area contributed by atoms with Gasteiger partial charge in [0.25, 0.3) is 0 Å². The lowest BCUT2D eigenvalue weighted by Gasteiger charge is -2.04. The topological polar surface area (TPSA) is 68.0 Å². The minimum atomic E-state index is -0.341. The summed E-state index contributed by atoms with van der Waals surface area (Å²) >= 11 is 0. The van der Waals surface area contributed by atoms with Gasteiger partial charge in [-0.3, -0.25) is 9.78 Å². The zero-order valence-corrected chi connectivity index (χ0v) is 7.58. The van der Waals surface area contributed by atoms with Crippen molar-refractivity contribution in [2.45, 2.75) is 13.5 Å². The summed E-state index contributed by atoms with van der Waals surface area (Å²) < 4.78 is 0. The molecule has 0 fully saturated rings. The van der Waals surface area contributed by atoms with E-state index in [1.807, 2.05) is 13.0 Å². The number of carbonyl (C=O) groups is 1. The summed E-state index contributed by atoms with van der Waals surface area (Å²) in [6.45, 7) is 2.84. The van der Waals surface area contributed by atoms with Crippen molar-refractivity contribution in [2.24, 2.45) is 5.73 Å². The molecule has 0 saturated carbocycles. The Morgan fingerprint density at radius 3 is 3.08 bits per heavy atom. The lowest BCUT2D eigenvalue weighted by atomic mass is 10.1. The van der Waals surface area contributed by atoms with Gasteiger partial charge in [0.05, 0.1) is 6.54 Å². The Morgan fingerprint density at radius 2 is 2.46 bits per heavy atom. The number of primary amides is 1. The molecule has 0 radical (unpaired) electrons. The van der Waals surface area contributed by atoms with Crippen molar-refractivity contribution in [3.05, 3.63) is 29.6 Å². The molecule has 1 amide bonds. The van der Waals surface area contributed by atoms with Gasteiger partial charge in [0.2, 0.25) is 5.91 Å². The molecule has 1 heterocycles. The molecular formula is C9H13N3O. The van der Waals surface area contributed by atoms with Crippen molar-refractivity contribution < 1.29 is 4.79 Å². The summed E-state index contributed by atoms with van der Waals surface area (Å²) in [6, 6.07) is 1.92. The van der Waals surface area contributed by atoms with Crippen LogP contribution in [0.2, 0.25) is 0 Å². The lowest BCUT2D eigenvalue weighted by Crippen LogP contribution is -2.28. The van der Waals surface area contributed by atoms with Gasteiger partial charge < -0.3 is 11.1 Å². The fourth-order valence-electron chi connectivity index (χ4n) is 1.02. The van der Waals surface area contributed by atoms with E-state index >= 15 is 0 Å². The van der Waals surface area contributed by atoms with Crippen LogP contribution in [-0.4, -0.2) is 17.4 Å². The Hall–Kier alpha value is -1.42. The normalized spacial score (nSPS) is 9.92. The average molecular weight is 179 g/mol. The van der Waals surface area contributed by atoms with Gasteiger partial charge in [-0.15, -0.1) is 0 Å². The highest BCUT2D eigenvalue weighted by Gasteiger charge is 1.97. The molecule has 1 rings (SSSR count). The second kappa shape index (κ2) is 4.57. The molecule has 0 aliphatic heterocycles. The standard InChI is InChI=1S/C9H13N3O/c1-7-4-11-3-2-8(7)5-12-6-9(10)13/h2-4,12H,5-6H2,1H3,(H2,10,13). The first-order chi connectivity index (χ1) is 6.20. The van der Waals surface area contributed by atoms with Crippen molar-refractivity contribution in [2.75, 3.05) is 6.54 Å². The van der Waals surface area contributed by atoms with Crippen LogP contribution in [0.4, 0.5) is 0 Å². The third kappa shape index (κ3) is 3.21. The highest BCUT2D eigenvalue weighted by molar-refractivity contribution is 5.75. The van der Waals surface area contributed by atoms with Crippen LogP contribution < -0.4 is 11.1 Å². The Balaban J connectivity index is 2.45. The van der Waals surface area contributed by atoms with Gasteiger partial charge in [0.15, 0.2) is 0 Å². The molecule has 0 bridgehead atoms. The summed E-state index contributed by atoms with van der Waals surface area (Å²) in [5.41, 5.74) is 7.23. The van der Waals surface area contributed by atoms with Crippen LogP contribution in [-0.2, 0) is 11.3 Å². The fraction of sp³-hybridized carbons (Fsp3) is 0.333. The molecule has 0 aromatic carbocycles. The molecule has 0 aliphatic carbocycles. The van der Waals surface area contributed by atoms with Gasteiger partial charge in [0.1, 0.15) is 0 Å². The monoisotopic (exact) mass is 179 g/mol. The smallest absolute Gasteiger partial charge is 0.231 e. The highest BCUT2D eigenvalue weighted by atomic mass is 16.1. The molecular weight excluding hydrogens is 166 g/mol. The SMILES string of the molecule is Cc1cnccc1CNCC(N)=O. The third-order valence-electron chi connectivity index (χ3n) is 1.75. The van der Waals surface area contributed by atoms with Crippen LogP contribution >= 0.6 is 0 Å². The van der Waals surface area contributed by atoms with Gasteiger partial charge >= 0.3 is 0 Å². The zero-order chi connectivity index (χ0) is 9.68. The number of hydrogen-bond donors (Lipinski definition) is 2. The van der Waals surface area contributed by atoms with E-state index in [2.05, 4.69) is 10.3 Å². The van der Waals surface area contributed by atoms with Gasteiger partial charge in [0, 0.05) is 18.9 Å². The molecule has 1 aromatic heterocycles. The van der Waals surface area contributed by atoms with Gasteiger partial charge in [-0.1, -0.05) is 0 Å². The molecule has 0 atom stereocenters. The van der Waals surface area contributed by atoms with E-state index in [-0.39, 0.29) is 12.5 Å². The summed E-state index contributed by atoms with van der Waals surface area (Å²) in [5, 5.41) is 2.94. The molecule has 1 aromatic rings. The van der Waals surface area contributed by atoms with E-state index in [0.29, 0.717) is 6.54 Å². The van der Waals surface area contributed by atoms with Crippen molar-refractivity contribution in [3.8, 4) is 0 Å². The van der Waals surface area contributed by atoms with Crippen molar-refractivity contribution in [1.29, 1.82) is 0 Å². The number of nitrogens with one attached hydrogen (secondary N) is 1. The van der Waals surface area contributed by atoms with E-state index in [1.54, 1.807) is 12.4 Å². The molecule has 0 aliphatic rings. The van der Waals surface area contributed by atoms with Crippen LogP contribution in [0.1, 0.15) is 11.1 Å². The third-order valence-corrected chi connectivity index (χ3v) is 1.75. The number of rotatable bonds is 4. The van der Waals surface area contributed by atoms with Gasteiger partial charge in [-0.05, 0) is 24.1 Å². The maximum absolute atomic E-state index is 10.4. The van der Waals surface area contributed by atoms with Crippen LogP contribution in [0.5, 0.6) is 0 Å². The largest absolute Gasteiger partial charge is 0.369 e. The quantitative estimate of drug-likeness (QED) is 0.681. The van der Waals surface area contributed by atoms with Crippen LogP contribution in [0.15, 0.2) is 18.5 Å². The summed E-state index contributed by atoms with van der Waals surface area (Å²) in [4.78, 5) is 14.4. The molecule has 0 saturated heterocycles. The number of hydrogen-bond acceptors (Lipinski definition) is 3. The minimum absolute atomic E-state index is 0.210. The first kappa shape index (κ1) is 9.67. The first-order valence-corrected chi connectivity index (χ1v) is 4.08. The predicted octanol–water partition coefficient (Wildman–Crippen LogP) is -0.0351. The van der Waals surface area contributed by atoms with Crippen LogP contribution in [0.3, 0.4) is 0 Å². The molecule has 0 spiro atoms. The Morgan fingerprint density at radius 1 is 1.69 bits per heavy atom. The maximum Gasteiger partial charge on any atom is 0.231 e. The second-order valence-corrected chi connectivity index (χ2v) is 2.87. The number of pyridine rings is 1. The van der Waals surface area contributed by atoms with Crippen molar-refractivity contribution in [1.82, 2.24) is 10.3 Å². The maximum atomic E-state index is 10.4. The number of nitrogens with two attached hydrogens (primary N) is 1. The van der Waals surface area contributed by atoms with Gasteiger partial charge in [-0.2, -0.15) is 0 Å². The van der Waals surface area contributed by atoms with E-state index in [9.17, 15) is 4.79 Å². The van der Waals surface area contributed by atoms with E-state index in [4.69, 9.17) is 5.73 Å². The average Bonchev–Trinajstić information content (AvgIpc) is 2.08. The van der Waals surface area contributed by atoms with E-state index in [0.717, 1.165) is 11.1 Å². The Kier molecular flexibility index (Phi) is 3.40. The lowest BCUT2D eigenvalue weighted by molar-refractivity contribution is -0.117.